The highest BCUT2D eigenvalue weighted by Crippen LogP contribution is 2.30. The van der Waals surface area contributed by atoms with Crippen LogP contribution in [0.4, 0.5) is 13.2 Å². The lowest BCUT2D eigenvalue weighted by Crippen LogP contribution is -2.33. The lowest BCUT2D eigenvalue weighted by molar-refractivity contribution is -0.114. The second-order valence-corrected chi connectivity index (χ2v) is 7.61. The van der Waals surface area contributed by atoms with Gasteiger partial charge in [-0.2, -0.15) is 0 Å². The molecule has 0 saturated carbocycles. The van der Waals surface area contributed by atoms with E-state index in [9.17, 15) is 18.0 Å². The molecule has 0 aliphatic carbocycles. The molecule has 0 unspecified atom stereocenters. The highest BCUT2D eigenvalue weighted by molar-refractivity contribution is 8.76. The monoisotopic (exact) mass is 400 g/mol. The van der Waals surface area contributed by atoms with Crippen molar-refractivity contribution >= 4 is 33.2 Å². The number of carbonyl (C=O) groups excluding carboxylic acids is 1. The van der Waals surface area contributed by atoms with E-state index < -0.39 is 17.5 Å². The van der Waals surface area contributed by atoms with Crippen LogP contribution in [-0.2, 0) is 11.2 Å². The van der Waals surface area contributed by atoms with E-state index in [2.05, 4.69) is 10.5 Å². The Kier molecular flexibility index (Phi) is 7.86. The number of halogens is 3. The minimum atomic E-state index is -0.771. The van der Waals surface area contributed by atoms with Gasteiger partial charge in [0.05, 0.1) is 0 Å². The third-order valence-electron chi connectivity index (χ3n) is 3.12. The van der Waals surface area contributed by atoms with Gasteiger partial charge < -0.3 is 10.5 Å². The second-order valence-electron chi connectivity index (χ2n) is 5.12. The van der Waals surface area contributed by atoms with Gasteiger partial charge in [-0.25, -0.2) is 13.2 Å². The van der Waals surface area contributed by atoms with Crippen molar-refractivity contribution in [3.8, 4) is 0 Å². The summed E-state index contributed by atoms with van der Waals surface area (Å²) in [5, 5.41) is 14.4. The molecule has 2 aromatic rings. The fraction of sp³-hybridized carbons (Fsp3) is 0.176. The number of nitrogens with zero attached hydrogens (tertiary/aromatic N) is 1. The molecule has 4 nitrogen and oxygen atoms in total. The minimum absolute atomic E-state index is 0.187. The molecule has 0 spiro atoms. The Morgan fingerprint density at radius 2 is 1.69 bits per heavy atom. The molecular formula is C17H15F3N2O2S2. The van der Waals surface area contributed by atoms with Crippen LogP contribution in [0, 0.1) is 17.5 Å². The molecule has 2 aromatic carbocycles. The molecule has 2 N–H and O–H groups in total. The topological polar surface area (TPSA) is 61.7 Å². The highest BCUT2D eigenvalue weighted by atomic mass is 33.1. The Bertz CT molecular complexity index is 766. The number of amides is 1. The van der Waals surface area contributed by atoms with E-state index in [-0.39, 0.29) is 23.5 Å². The van der Waals surface area contributed by atoms with E-state index >= 15 is 0 Å². The molecule has 0 aliphatic rings. The summed E-state index contributed by atoms with van der Waals surface area (Å²) in [7, 11) is 2.90. The number of hydrogen-bond acceptors (Lipinski definition) is 5. The van der Waals surface area contributed by atoms with Gasteiger partial charge in [0.1, 0.15) is 23.2 Å². The molecule has 0 heterocycles. The zero-order chi connectivity index (χ0) is 18.9. The van der Waals surface area contributed by atoms with Crippen molar-refractivity contribution in [2.75, 3.05) is 12.3 Å². The lowest BCUT2D eigenvalue weighted by Gasteiger charge is -2.07. The standard InChI is InChI=1S/C17H15F3N2O2S2/c18-12-1-3-15(4-2-12)26-25-6-5-21-17(23)16(22-24)9-11-7-13(19)10-14(20)8-11/h1-4,7-8,10,24H,5-6,9H2,(H,21,23)/b22-16-. The van der Waals surface area contributed by atoms with Crippen LogP contribution in [0.25, 0.3) is 0 Å². The number of nitrogens with one attached hydrogen (secondary N) is 1. The average molecular weight is 400 g/mol. The zero-order valence-corrected chi connectivity index (χ0v) is 15.0. The molecule has 9 heteroatoms. The minimum Gasteiger partial charge on any atom is -0.410 e. The summed E-state index contributed by atoms with van der Waals surface area (Å²) in [5.74, 6) is -1.91. The molecule has 0 radical (unpaired) electrons. The van der Waals surface area contributed by atoms with Crippen LogP contribution in [-0.4, -0.2) is 29.1 Å². The van der Waals surface area contributed by atoms with E-state index in [0.717, 1.165) is 23.1 Å². The number of oxime groups is 1. The number of benzene rings is 2. The predicted octanol–water partition coefficient (Wildman–Crippen LogP) is 4.03. The SMILES string of the molecule is O=C(NCCSSc1ccc(F)cc1)/C(Cc1cc(F)cc(F)c1)=N\O. The lowest BCUT2D eigenvalue weighted by atomic mass is 10.1. The van der Waals surface area contributed by atoms with E-state index in [4.69, 9.17) is 5.21 Å². The first-order valence-electron chi connectivity index (χ1n) is 7.47. The van der Waals surface area contributed by atoms with E-state index in [1.165, 1.54) is 33.7 Å². The van der Waals surface area contributed by atoms with Crippen molar-refractivity contribution in [2.24, 2.45) is 5.16 Å². The van der Waals surface area contributed by atoms with E-state index in [1.807, 2.05) is 0 Å². The molecule has 0 saturated heterocycles. The van der Waals surface area contributed by atoms with Gasteiger partial charge in [-0.1, -0.05) is 26.7 Å². The van der Waals surface area contributed by atoms with E-state index in [0.29, 0.717) is 12.3 Å². The highest BCUT2D eigenvalue weighted by Gasteiger charge is 2.14. The number of rotatable bonds is 8. The fourth-order valence-electron chi connectivity index (χ4n) is 1.98. The van der Waals surface area contributed by atoms with Gasteiger partial charge in [0.15, 0.2) is 0 Å². The van der Waals surface area contributed by atoms with Gasteiger partial charge in [-0.05, 0) is 42.0 Å². The van der Waals surface area contributed by atoms with Crippen LogP contribution in [0.3, 0.4) is 0 Å². The molecular weight excluding hydrogens is 385 g/mol. The average Bonchev–Trinajstić information content (AvgIpc) is 2.60. The molecule has 0 fully saturated rings. The Balaban J connectivity index is 1.75. The van der Waals surface area contributed by atoms with Crippen LogP contribution >= 0.6 is 21.6 Å². The first-order chi connectivity index (χ1) is 12.5. The van der Waals surface area contributed by atoms with Crippen molar-refractivity contribution in [2.45, 2.75) is 11.3 Å². The van der Waals surface area contributed by atoms with Crippen LogP contribution < -0.4 is 5.32 Å². The normalized spacial score (nSPS) is 11.4. The Labute approximate surface area is 156 Å². The van der Waals surface area contributed by atoms with Gasteiger partial charge in [0, 0.05) is 29.7 Å². The molecule has 0 aliphatic heterocycles. The van der Waals surface area contributed by atoms with Crippen molar-refractivity contribution in [3.63, 3.8) is 0 Å². The third-order valence-corrected chi connectivity index (χ3v) is 5.50. The maximum Gasteiger partial charge on any atom is 0.269 e. The first kappa shape index (κ1) is 20.2. The number of carbonyl (C=O) groups is 1. The summed E-state index contributed by atoms with van der Waals surface area (Å²) in [4.78, 5) is 12.9. The maximum atomic E-state index is 13.2. The van der Waals surface area contributed by atoms with Crippen molar-refractivity contribution in [3.05, 3.63) is 65.5 Å². The molecule has 2 rings (SSSR count). The Hall–Kier alpha value is -2.13. The summed E-state index contributed by atoms with van der Waals surface area (Å²) < 4.78 is 39.1. The van der Waals surface area contributed by atoms with Crippen LogP contribution in [0.1, 0.15) is 5.56 Å². The van der Waals surface area contributed by atoms with E-state index in [1.54, 1.807) is 12.1 Å². The molecule has 0 atom stereocenters. The largest absolute Gasteiger partial charge is 0.410 e. The van der Waals surface area contributed by atoms with Crippen molar-refractivity contribution in [1.29, 1.82) is 0 Å². The molecule has 0 aromatic heterocycles. The van der Waals surface area contributed by atoms with Gasteiger partial charge >= 0.3 is 0 Å². The molecule has 138 valence electrons. The van der Waals surface area contributed by atoms with Crippen LogP contribution in [0.2, 0.25) is 0 Å². The summed E-state index contributed by atoms with van der Waals surface area (Å²) in [6, 6.07) is 8.89. The molecule has 1 amide bonds. The summed E-state index contributed by atoms with van der Waals surface area (Å²) >= 11 is 0. The van der Waals surface area contributed by atoms with Gasteiger partial charge in [0.2, 0.25) is 0 Å². The van der Waals surface area contributed by atoms with Gasteiger partial charge in [-0.15, -0.1) is 0 Å². The van der Waals surface area contributed by atoms with Gasteiger partial charge in [0.25, 0.3) is 5.91 Å². The van der Waals surface area contributed by atoms with Gasteiger partial charge in [-0.3, -0.25) is 4.79 Å². The predicted molar refractivity (Wildman–Crippen MR) is 97.0 cm³/mol. The smallest absolute Gasteiger partial charge is 0.269 e. The van der Waals surface area contributed by atoms with Crippen LogP contribution in [0.15, 0.2) is 52.5 Å². The van der Waals surface area contributed by atoms with Crippen LogP contribution in [0.5, 0.6) is 0 Å². The summed E-state index contributed by atoms with van der Waals surface area (Å²) in [6.45, 7) is 0.300. The summed E-state index contributed by atoms with van der Waals surface area (Å²) in [6.07, 6.45) is -0.200. The number of hydrogen-bond donors (Lipinski definition) is 2. The Morgan fingerprint density at radius 3 is 2.31 bits per heavy atom. The molecule has 26 heavy (non-hydrogen) atoms. The maximum absolute atomic E-state index is 13.2. The third kappa shape index (κ3) is 6.64. The van der Waals surface area contributed by atoms with Crippen molar-refractivity contribution in [1.82, 2.24) is 5.32 Å². The summed E-state index contributed by atoms with van der Waals surface area (Å²) in [5.41, 5.74) is -0.0575. The zero-order valence-electron chi connectivity index (χ0n) is 13.4. The first-order valence-corrected chi connectivity index (χ1v) is 9.79. The Morgan fingerprint density at radius 1 is 1.04 bits per heavy atom. The second kappa shape index (κ2) is 10.1. The molecule has 0 bridgehead atoms. The fourth-order valence-corrected chi connectivity index (χ4v) is 3.87. The van der Waals surface area contributed by atoms with Crippen molar-refractivity contribution < 1.29 is 23.2 Å². The quantitative estimate of drug-likeness (QED) is 0.231.